The standard InChI is InChI=1S/C37H21N3O/c1-5-13-30-23(9-1)25-18-19-27-35(26-11-2-6-14-31(26)40-32-15-7-4-12-29(32)38-37(27)40)36(25)39(30)22-17-20-34-28(21-22)24-10-3-8-16-33(24)41-34/h1-21H. The van der Waals surface area contributed by atoms with Gasteiger partial charge in [0.25, 0.3) is 0 Å². The predicted octanol–water partition coefficient (Wildman–Crippen LogP) is 9.79. The van der Waals surface area contributed by atoms with Crippen molar-refractivity contribution in [3.63, 3.8) is 0 Å². The van der Waals surface area contributed by atoms with Gasteiger partial charge < -0.3 is 8.98 Å². The molecule has 0 aliphatic rings. The Kier molecular flexibility index (Phi) is 3.90. The zero-order valence-corrected chi connectivity index (χ0v) is 21.9. The SMILES string of the molecule is c1ccc2c(c1)nc1c3ccc4c5ccccc5n(-c5ccc6oc7ccccc7c6c5)c4c3c3ccccc3n21. The van der Waals surface area contributed by atoms with E-state index < -0.39 is 0 Å². The zero-order chi connectivity index (χ0) is 26.7. The number of furan rings is 1. The van der Waals surface area contributed by atoms with Gasteiger partial charge in [-0.3, -0.25) is 4.40 Å². The molecule has 0 bridgehead atoms. The highest BCUT2D eigenvalue weighted by molar-refractivity contribution is 6.28. The molecule has 0 fully saturated rings. The van der Waals surface area contributed by atoms with Crippen LogP contribution in [0.2, 0.25) is 0 Å². The van der Waals surface area contributed by atoms with Gasteiger partial charge in [-0.2, -0.15) is 0 Å². The van der Waals surface area contributed by atoms with Crippen molar-refractivity contribution in [3.05, 3.63) is 127 Å². The molecule has 4 aromatic heterocycles. The first-order chi connectivity index (χ1) is 20.3. The molecule has 41 heavy (non-hydrogen) atoms. The van der Waals surface area contributed by atoms with E-state index in [0.717, 1.165) is 55.2 Å². The monoisotopic (exact) mass is 523 g/mol. The van der Waals surface area contributed by atoms with E-state index in [2.05, 4.69) is 124 Å². The Bertz CT molecular complexity index is 2700. The summed E-state index contributed by atoms with van der Waals surface area (Å²) in [7, 11) is 0. The Labute approximate surface area is 233 Å². The summed E-state index contributed by atoms with van der Waals surface area (Å²) in [5.41, 5.74) is 9.56. The molecule has 0 aliphatic carbocycles. The molecule has 0 aliphatic heterocycles. The Morgan fingerprint density at radius 3 is 2.07 bits per heavy atom. The van der Waals surface area contributed by atoms with E-state index in [1.165, 1.54) is 32.6 Å². The Morgan fingerprint density at radius 2 is 1.17 bits per heavy atom. The maximum atomic E-state index is 6.18. The molecule has 10 rings (SSSR count). The third-order valence-corrected chi connectivity index (χ3v) is 8.67. The molecule has 6 aromatic carbocycles. The number of nitrogens with zero attached hydrogens (tertiary/aromatic N) is 3. The van der Waals surface area contributed by atoms with Crippen molar-refractivity contribution >= 4 is 82.1 Å². The summed E-state index contributed by atoms with van der Waals surface area (Å²) in [5, 5.41) is 8.29. The first kappa shape index (κ1) is 21.2. The van der Waals surface area contributed by atoms with Gasteiger partial charge in [-0.25, -0.2) is 4.98 Å². The smallest absolute Gasteiger partial charge is 0.146 e. The fourth-order valence-electron chi connectivity index (χ4n) is 6.97. The van der Waals surface area contributed by atoms with Crippen LogP contribution in [0, 0.1) is 0 Å². The molecule has 4 heterocycles. The van der Waals surface area contributed by atoms with Gasteiger partial charge in [0.2, 0.25) is 0 Å². The minimum absolute atomic E-state index is 0.900. The molecular formula is C37H21N3O. The number of hydrogen-bond acceptors (Lipinski definition) is 2. The highest BCUT2D eigenvalue weighted by atomic mass is 16.3. The van der Waals surface area contributed by atoms with Crippen molar-refractivity contribution in [1.29, 1.82) is 0 Å². The van der Waals surface area contributed by atoms with Gasteiger partial charge in [0, 0.05) is 43.4 Å². The van der Waals surface area contributed by atoms with E-state index in [1.54, 1.807) is 0 Å². The van der Waals surface area contributed by atoms with Crippen molar-refractivity contribution in [3.8, 4) is 5.69 Å². The molecule has 10 aromatic rings. The van der Waals surface area contributed by atoms with Crippen LogP contribution in [0.15, 0.2) is 132 Å². The highest BCUT2D eigenvalue weighted by Gasteiger charge is 2.21. The second kappa shape index (κ2) is 7.52. The molecule has 190 valence electrons. The van der Waals surface area contributed by atoms with Crippen molar-refractivity contribution < 1.29 is 4.42 Å². The Morgan fingerprint density at radius 1 is 0.488 bits per heavy atom. The third kappa shape index (κ3) is 2.66. The summed E-state index contributed by atoms with van der Waals surface area (Å²) >= 11 is 0. The van der Waals surface area contributed by atoms with Crippen molar-refractivity contribution in [2.45, 2.75) is 0 Å². The van der Waals surface area contributed by atoms with Crippen LogP contribution in [0.1, 0.15) is 0 Å². The van der Waals surface area contributed by atoms with Gasteiger partial charge in [-0.15, -0.1) is 0 Å². The van der Waals surface area contributed by atoms with Crippen LogP contribution in [0.3, 0.4) is 0 Å². The fraction of sp³-hybridized carbons (Fsp3) is 0. The number of para-hydroxylation sites is 5. The molecule has 4 nitrogen and oxygen atoms in total. The van der Waals surface area contributed by atoms with Gasteiger partial charge in [0.15, 0.2) is 0 Å². The molecule has 0 saturated carbocycles. The number of benzene rings is 6. The average Bonchev–Trinajstić information content (AvgIpc) is 3.70. The summed E-state index contributed by atoms with van der Waals surface area (Å²) in [6, 6.07) is 45.2. The fourth-order valence-corrected chi connectivity index (χ4v) is 6.97. The molecule has 0 atom stereocenters. The topological polar surface area (TPSA) is 35.4 Å². The van der Waals surface area contributed by atoms with Crippen molar-refractivity contribution in [2.24, 2.45) is 0 Å². The number of rotatable bonds is 1. The second-order valence-electron chi connectivity index (χ2n) is 10.8. The minimum Gasteiger partial charge on any atom is -0.456 e. The maximum Gasteiger partial charge on any atom is 0.146 e. The Balaban J connectivity index is 1.46. The molecule has 0 radical (unpaired) electrons. The minimum atomic E-state index is 0.900. The van der Waals surface area contributed by atoms with Gasteiger partial charge in [-0.05, 0) is 54.6 Å². The van der Waals surface area contributed by atoms with Crippen molar-refractivity contribution in [1.82, 2.24) is 14.0 Å². The molecule has 0 unspecified atom stereocenters. The number of aromatic nitrogens is 3. The number of hydrogen-bond donors (Lipinski definition) is 0. The molecule has 4 heteroatoms. The highest BCUT2D eigenvalue weighted by Crippen LogP contribution is 2.42. The first-order valence-corrected chi connectivity index (χ1v) is 13.9. The second-order valence-corrected chi connectivity index (χ2v) is 10.8. The average molecular weight is 524 g/mol. The van der Waals surface area contributed by atoms with Gasteiger partial charge in [0.05, 0.1) is 27.6 Å². The van der Waals surface area contributed by atoms with Crippen LogP contribution in [-0.2, 0) is 0 Å². The first-order valence-electron chi connectivity index (χ1n) is 13.9. The summed E-state index contributed by atoms with van der Waals surface area (Å²) in [4.78, 5) is 5.17. The summed E-state index contributed by atoms with van der Waals surface area (Å²) < 4.78 is 10.9. The van der Waals surface area contributed by atoms with Crippen LogP contribution < -0.4 is 0 Å². The van der Waals surface area contributed by atoms with E-state index in [0.29, 0.717) is 0 Å². The summed E-state index contributed by atoms with van der Waals surface area (Å²) in [6.45, 7) is 0. The Hall–Kier alpha value is -5.61. The van der Waals surface area contributed by atoms with E-state index >= 15 is 0 Å². The lowest BCUT2D eigenvalue weighted by atomic mass is 10.0. The summed E-state index contributed by atoms with van der Waals surface area (Å²) in [6.07, 6.45) is 0. The van der Waals surface area contributed by atoms with Crippen LogP contribution in [0.25, 0.3) is 87.8 Å². The van der Waals surface area contributed by atoms with E-state index in [-0.39, 0.29) is 0 Å². The number of fused-ring (bicyclic) bond motifs is 15. The van der Waals surface area contributed by atoms with Crippen LogP contribution >= 0.6 is 0 Å². The van der Waals surface area contributed by atoms with Gasteiger partial charge in [0.1, 0.15) is 16.8 Å². The lowest BCUT2D eigenvalue weighted by Crippen LogP contribution is -1.97. The van der Waals surface area contributed by atoms with E-state index in [1.807, 2.05) is 12.1 Å². The van der Waals surface area contributed by atoms with E-state index in [4.69, 9.17) is 9.40 Å². The molecule has 0 amide bonds. The molecule has 0 spiro atoms. The molecule has 0 saturated heterocycles. The third-order valence-electron chi connectivity index (χ3n) is 8.67. The molecular weight excluding hydrogens is 502 g/mol. The quantitative estimate of drug-likeness (QED) is 0.201. The normalized spacial score (nSPS) is 12.4. The van der Waals surface area contributed by atoms with E-state index in [9.17, 15) is 0 Å². The zero-order valence-electron chi connectivity index (χ0n) is 21.9. The number of pyridine rings is 1. The van der Waals surface area contributed by atoms with Crippen LogP contribution in [0.5, 0.6) is 0 Å². The lowest BCUT2D eigenvalue weighted by molar-refractivity contribution is 0.669. The summed E-state index contributed by atoms with van der Waals surface area (Å²) in [5.74, 6) is 0. The predicted molar refractivity (Wildman–Crippen MR) is 169 cm³/mol. The maximum absolute atomic E-state index is 6.18. The van der Waals surface area contributed by atoms with Crippen molar-refractivity contribution in [2.75, 3.05) is 0 Å². The number of imidazole rings is 1. The van der Waals surface area contributed by atoms with Gasteiger partial charge in [-0.1, -0.05) is 72.8 Å². The largest absolute Gasteiger partial charge is 0.456 e. The van der Waals surface area contributed by atoms with Crippen LogP contribution in [-0.4, -0.2) is 14.0 Å². The van der Waals surface area contributed by atoms with Gasteiger partial charge >= 0.3 is 0 Å². The molecule has 0 N–H and O–H groups in total. The lowest BCUT2D eigenvalue weighted by Gasteiger charge is -2.13. The van der Waals surface area contributed by atoms with Crippen LogP contribution in [0.4, 0.5) is 0 Å².